The van der Waals surface area contributed by atoms with Crippen molar-refractivity contribution < 1.29 is 9.59 Å². The van der Waals surface area contributed by atoms with Gasteiger partial charge in [0.15, 0.2) is 0 Å². The van der Waals surface area contributed by atoms with E-state index >= 15 is 0 Å². The minimum Gasteiger partial charge on any atom is -0.315 e. The van der Waals surface area contributed by atoms with Crippen LogP contribution in [0.5, 0.6) is 0 Å². The molecule has 0 atom stereocenters. The molecule has 0 aliphatic carbocycles. The molecular weight excluding hydrogens is 284 g/mol. The number of likely N-dealkylation sites (N-methyl/N-ethyl adjacent to an activating group) is 1. The zero-order valence-electron chi connectivity index (χ0n) is 9.50. The molecule has 1 aliphatic rings. The maximum absolute atomic E-state index is 11.8. The first kappa shape index (κ1) is 12.3. The molecule has 0 aromatic heterocycles. The molecule has 4 nitrogen and oxygen atoms in total. The number of ketones is 1. The topological polar surface area (TPSA) is 49.4 Å². The SMILES string of the molecule is CCNCCN1C(=O)C(=O)c2ccc(Br)cc21. The second-order valence-corrected chi connectivity index (χ2v) is 4.72. The first-order chi connectivity index (χ1) is 8.15. The molecular formula is C12H13BrN2O2. The monoisotopic (exact) mass is 296 g/mol. The van der Waals surface area contributed by atoms with Gasteiger partial charge in [-0.2, -0.15) is 0 Å². The number of hydrogen-bond acceptors (Lipinski definition) is 3. The molecule has 0 saturated heterocycles. The number of Topliss-reactive ketones (excluding diaryl/α,β-unsaturated/α-hetero) is 1. The Labute approximate surface area is 108 Å². The average molecular weight is 297 g/mol. The summed E-state index contributed by atoms with van der Waals surface area (Å²) >= 11 is 3.35. The molecule has 0 fully saturated rings. The Kier molecular flexibility index (Phi) is 3.59. The Balaban J connectivity index is 2.26. The number of fused-ring (bicyclic) bond motifs is 1. The van der Waals surface area contributed by atoms with Gasteiger partial charge in [-0.05, 0) is 24.7 Å². The molecule has 5 heteroatoms. The van der Waals surface area contributed by atoms with Crippen LogP contribution in [0.15, 0.2) is 22.7 Å². The van der Waals surface area contributed by atoms with Gasteiger partial charge in [0.25, 0.3) is 11.7 Å². The second-order valence-electron chi connectivity index (χ2n) is 3.80. The zero-order valence-corrected chi connectivity index (χ0v) is 11.1. The number of nitrogens with zero attached hydrogens (tertiary/aromatic N) is 1. The highest BCUT2D eigenvalue weighted by atomic mass is 79.9. The summed E-state index contributed by atoms with van der Waals surface area (Å²) in [5.41, 5.74) is 1.20. The number of rotatable bonds is 4. The maximum Gasteiger partial charge on any atom is 0.299 e. The highest BCUT2D eigenvalue weighted by Crippen LogP contribution is 2.31. The van der Waals surface area contributed by atoms with Crippen molar-refractivity contribution in [1.29, 1.82) is 0 Å². The molecule has 17 heavy (non-hydrogen) atoms. The third-order valence-corrected chi connectivity index (χ3v) is 3.19. The number of halogens is 1. The lowest BCUT2D eigenvalue weighted by Crippen LogP contribution is -2.36. The normalized spacial score (nSPS) is 14.4. The molecule has 1 aromatic rings. The van der Waals surface area contributed by atoms with Gasteiger partial charge in [-0.1, -0.05) is 22.9 Å². The van der Waals surface area contributed by atoms with Crippen molar-refractivity contribution >= 4 is 33.3 Å². The first-order valence-electron chi connectivity index (χ1n) is 5.51. The molecule has 1 heterocycles. The number of amides is 1. The third-order valence-electron chi connectivity index (χ3n) is 2.70. The molecule has 0 bridgehead atoms. The smallest absolute Gasteiger partial charge is 0.299 e. The quantitative estimate of drug-likeness (QED) is 0.678. The van der Waals surface area contributed by atoms with Crippen molar-refractivity contribution in [2.45, 2.75) is 6.92 Å². The zero-order chi connectivity index (χ0) is 12.4. The second kappa shape index (κ2) is 4.98. The van der Waals surface area contributed by atoms with E-state index < -0.39 is 11.7 Å². The van der Waals surface area contributed by atoms with Gasteiger partial charge in [0.2, 0.25) is 0 Å². The van der Waals surface area contributed by atoms with Crippen LogP contribution in [0, 0.1) is 0 Å². The van der Waals surface area contributed by atoms with E-state index in [-0.39, 0.29) is 0 Å². The van der Waals surface area contributed by atoms with Crippen LogP contribution in [0.1, 0.15) is 17.3 Å². The van der Waals surface area contributed by atoms with Gasteiger partial charge in [0, 0.05) is 17.6 Å². The summed E-state index contributed by atoms with van der Waals surface area (Å²) in [7, 11) is 0. The van der Waals surface area contributed by atoms with Gasteiger partial charge >= 0.3 is 0 Å². The van der Waals surface area contributed by atoms with Gasteiger partial charge < -0.3 is 10.2 Å². The van der Waals surface area contributed by atoms with Crippen molar-refractivity contribution in [3.8, 4) is 0 Å². The van der Waals surface area contributed by atoms with Crippen LogP contribution >= 0.6 is 15.9 Å². The van der Waals surface area contributed by atoms with Crippen LogP contribution in [0.2, 0.25) is 0 Å². The number of nitrogens with one attached hydrogen (secondary N) is 1. The lowest BCUT2D eigenvalue weighted by molar-refractivity contribution is -0.114. The molecule has 1 N–H and O–H groups in total. The number of benzene rings is 1. The number of carbonyl (C=O) groups excluding carboxylic acids is 2. The van der Waals surface area contributed by atoms with Crippen molar-refractivity contribution in [2.75, 3.05) is 24.5 Å². The Bertz CT molecular complexity index is 474. The summed E-state index contributed by atoms with van der Waals surface area (Å²) in [5, 5.41) is 3.14. The van der Waals surface area contributed by atoms with Crippen molar-refractivity contribution in [3.05, 3.63) is 28.2 Å². The van der Waals surface area contributed by atoms with E-state index in [1.165, 1.54) is 4.90 Å². The van der Waals surface area contributed by atoms with E-state index in [0.717, 1.165) is 11.0 Å². The van der Waals surface area contributed by atoms with Crippen LogP contribution in [0.25, 0.3) is 0 Å². The van der Waals surface area contributed by atoms with Crippen LogP contribution in [-0.4, -0.2) is 31.3 Å². The van der Waals surface area contributed by atoms with Gasteiger partial charge in [-0.25, -0.2) is 0 Å². The molecule has 90 valence electrons. The van der Waals surface area contributed by atoms with E-state index in [9.17, 15) is 9.59 Å². The minimum absolute atomic E-state index is 0.413. The van der Waals surface area contributed by atoms with Gasteiger partial charge in [0.05, 0.1) is 11.3 Å². The fourth-order valence-electron chi connectivity index (χ4n) is 1.86. The highest BCUT2D eigenvalue weighted by molar-refractivity contribution is 9.10. The van der Waals surface area contributed by atoms with Crippen molar-refractivity contribution in [1.82, 2.24) is 5.32 Å². The predicted octanol–water partition coefficient (Wildman–Crippen LogP) is 1.59. The lowest BCUT2D eigenvalue weighted by atomic mass is 10.1. The maximum atomic E-state index is 11.8. The number of anilines is 1. The molecule has 1 aliphatic heterocycles. The molecule has 0 radical (unpaired) electrons. The largest absolute Gasteiger partial charge is 0.315 e. The van der Waals surface area contributed by atoms with Crippen molar-refractivity contribution in [3.63, 3.8) is 0 Å². The van der Waals surface area contributed by atoms with E-state index in [4.69, 9.17) is 0 Å². The van der Waals surface area contributed by atoms with Crippen LogP contribution in [0.3, 0.4) is 0 Å². The standard InChI is InChI=1S/C12H13BrN2O2/c1-2-14-5-6-15-10-7-8(13)3-4-9(10)11(16)12(15)17/h3-4,7,14H,2,5-6H2,1H3. The Hall–Kier alpha value is -1.20. The van der Waals surface area contributed by atoms with Crippen LogP contribution in [-0.2, 0) is 4.79 Å². The molecule has 1 amide bonds. The van der Waals surface area contributed by atoms with E-state index in [1.54, 1.807) is 12.1 Å². The summed E-state index contributed by atoms with van der Waals surface area (Å²) < 4.78 is 0.868. The van der Waals surface area contributed by atoms with E-state index in [1.807, 2.05) is 13.0 Å². The Morgan fingerprint density at radius 1 is 1.35 bits per heavy atom. The molecule has 1 aromatic carbocycles. The molecule has 0 saturated carbocycles. The van der Waals surface area contributed by atoms with Crippen LogP contribution in [0.4, 0.5) is 5.69 Å². The minimum atomic E-state index is -0.434. The van der Waals surface area contributed by atoms with Crippen molar-refractivity contribution in [2.24, 2.45) is 0 Å². The number of carbonyl (C=O) groups is 2. The fraction of sp³-hybridized carbons (Fsp3) is 0.333. The average Bonchev–Trinajstić information content (AvgIpc) is 2.54. The first-order valence-corrected chi connectivity index (χ1v) is 6.31. The summed E-state index contributed by atoms with van der Waals surface area (Å²) in [6, 6.07) is 5.27. The Morgan fingerprint density at radius 3 is 2.82 bits per heavy atom. The molecule has 2 rings (SSSR count). The summed E-state index contributed by atoms with van der Waals surface area (Å²) in [5.74, 6) is -0.847. The number of hydrogen-bond donors (Lipinski definition) is 1. The molecule has 0 unspecified atom stereocenters. The lowest BCUT2D eigenvalue weighted by Gasteiger charge is -2.16. The summed E-state index contributed by atoms with van der Waals surface area (Å²) in [6.45, 7) is 4.05. The van der Waals surface area contributed by atoms with Gasteiger partial charge in [0.1, 0.15) is 0 Å². The van der Waals surface area contributed by atoms with Crippen LogP contribution < -0.4 is 10.2 Å². The summed E-state index contributed by atoms with van der Waals surface area (Å²) in [4.78, 5) is 25.1. The summed E-state index contributed by atoms with van der Waals surface area (Å²) in [6.07, 6.45) is 0. The van der Waals surface area contributed by atoms with Gasteiger partial charge in [-0.15, -0.1) is 0 Å². The highest BCUT2D eigenvalue weighted by Gasteiger charge is 2.35. The molecule has 0 spiro atoms. The fourth-order valence-corrected chi connectivity index (χ4v) is 2.21. The Morgan fingerprint density at radius 2 is 2.12 bits per heavy atom. The van der Waals surface area contributed by atoms with Gasteiger partial charge in [-0.3, -0.25) is 9.59 Å². The predicted molar refractivity (Wildman–Crippen MR) is 69.4 cm³/mol. The van der Waals surface area contributed by atoms with E-state index in [2.05, 4.69) is 21.2 Å². The van der Waals surface area contributed by atoms with E-state index in [0.29, 0.717) is 24.3 Å². The third kappa shape index (κ3) is 2.25.